The zero-order valence-electron chi connectivity index (χ0n) is 21.2. The average molecular weight is 539 g/mol. The molecular formula is C30H32ClFN2O4. The summed E-state index contributed by atoms with van der Waals surface area (Å²) < 4.78 is 19.3. The molecule has 1 aliphatic carbocycles. The fourth-order valence-corrected chi connectivity index (χ4v) is 5.13. The number of aliphatic hydroxyl groups excluding tert-OH is 1. The third-order valence-electron chi connectivity index (χ3n) is 7.41. The molecule has 6 nitrogen and oxygen atoms in total. The van der Waals surface area contributed by atoms with E-state index >= 15 is 0 Å². The Morgan fingerprint density at radius 2 is 1.87 bits per heavy atom. The molecule has 2 N–H and O–H groups in total. The smallest absolute Gasteiger partial charge is 0.180 e. The Hall–Kier alpha value is -3.00. The highest BCUT2D eigenvalue weighted by Gasteiger charge is 2.30. The molecular weight excluding hydrogens is 507 g/mol. The van der Waals surface area contributed by atoms with Crippen LogP contribution in [0, 0.1) is 11.7 Å². The number of nitrogens with zero attached hydrogens (tertiary/aromatic N) is 2. The van der Waals surface area contributed by atoms with Gasteiger partial charge in [0.25, 0.3) is 0 Å². The SMILES string of the molecule is O=C(C[C@H](CN1CCC1)C(O)c1ccc(OC2CC2)c(Cl)c1)/C(CCc1ccc2cc(F)ccc2c1)=N/O. The molecule has 1 saturated carbocycles. The summed E-state index contributed by atoms with van der Waals surface area (Å²) in [5.41, 5.74) is 1.67. The molecule has 3 aromatic carbocycles. The number of oxime groups is 1. The summed E-state index contributed by atoms with van der Waals surface area (Å²) in [5, 5.41) is 26.4. The highest BCUT2D eigenvalue weighted by molar-refractivity contribution is 6.39. The van der Waals surface area contributed by atoms with E-state index in [1.165, 1.54) is 12.1 Å². The van der Waals surface area contributed by atoms with Crippen LogP contribution >= 0.6 is 11.6 Å². The molecule has 0 radical (unpaired) electrons. The van der Waals surface area contributed by atoms with Crippen LogP contribution in [0.5, 0.6) is 5.75 Å². The number of rotatable bonds is 12. The van der Waals surface area contributed by atoms with Crippen LogP contribution in [0.4, 0.5) is 4.39 Å². The number of carbonyl (C=O) groups excluding carboxylic acids is 1. The fraction of sp³-hybridized carbons (Fsp3) is 0.400. The first-order valence-electron chi connectivity index (χ1n) is 13.2. The third-order valence-corrected chi connectivity index (χ3v) is 7.71. The van der Waals surface area contributed by atoms with Crippen LogP contribution in [0.25, 0.3) is 10.8 Å². The van der Waals surface area contributed by atoms with Crippen molar-refractivity contribution in [2.75, 3.05) is 19.6 Å². The van der Waals surface area contributed by atoms with Gasteiger partial charge in [0.05, 0.1) is 17.2 Å². The number of benzene rings is 3. The van der Waals surface area contributed by atoms with Gasteiger partial charge in [0.2, 0.25) is 0 Å². The Labute approximate surface area is 226 Å². The van der Waals surface area contributed by atoms with E-state index in [2.05, 4.69) is 10.1 Å². The lowest BCUT2D eigenvalue weighted by atomic mass is 9.88. The molecule has 1 heterocycles. The van der Waals surface area contributed by atoms with Gasteiger partial charge in [0.15, 0.2) is 5.78 Å². The van der Waals surface area contributed by atoms with E-state index in [0.29, 0.717) is 29.3 Å². The van der Waals surface area contributed by atoms with Gasteiger partial charge in [-0.2, -0.15) is 0 Å². The summed E-state index contributed by atoms with van der Waals surface area (Å²) >= 11 is 6.43. The first-order valence-corrected chi connectivity index (χ1v) is 13.6. The maximum Gasteiger partial charge on any atom is 0.180 e. The van der Waals surface area contributed by atoms with Gasteiger partial charge in [0, 0.05) is 25.3 Å². The maximum absolute atomic E-state index is 13.5. The Kier molecular flexibility index (Phi) is 8.27. The Morgan fingerprint density at radius 1 is 1.11 bits per heavy atom. The van der Waals surface area contributed by atoms with E-state index in [4.69, 9.17) is 16.3 Å². The van der Waals surface area contributed by atoms with Gasteiger partial charge in [-0.05, 0) is 84.9 Å². The van der Waals surface area contributed by atoms with Crippen LogP contribution in [0.2, 0.25) is 5.02 Å². The Morgan fingerprint density at radius 3 is 2.55 bits per heavy atom. The Balaban J connectivity index is 1.25. The molecule has 0 aromatic heterocycles. The van der Waals surface area contributed by atoms with Crippen molar-refractivity contribution < 1.29 is 24.2 Å². The highest BCUT2D eigenvalue weighted by Crippen LogP contribution is 2.36. The van der Waals surface area contributed by atoms with Gasteiger partial charge in [0.1, 0.15) is 17.3 Å². The van der Waals surface area contributed by atoms with E-state index in [1.807, 2.05) is 18.2 Å². The second-order valence-corrected chi connectivity index (χ2v) is 10.8. The van der Waals surface area contributed by atoms with E-state index in [9.17, 15) is 19.5 Å². The second kappa shape index (κ2) is 11.8. The van der Waals surface area contributed by atoms with Crippen molar-refractivity contribution in [3.05, 3.63) is 76.6 Å². The van der Waals surface area contributed by atoms with Crippen LogP contribution in [0.1, 0.15) is 49.3 Å². The number of hydrogen-bond donors (Lipinski definition) is 2. The minimum absolute atomic E-state index is 0.0476. The zero-order valence-corrected chi connectivity index (χ0v) is 21.9. The number of fused-ring (bicyclic) bond motifs is 1. The number of Topliss-reactive ketones (excluding diaryl/α,β-unsaturated/α-hetero) is 1. The summed E-state index contributed by atoms with van der Waals surface area (Å²) in [6.07, 6.45) is 3.25. The van der Waals surface area contributed by atoms with Gasteiger partial charge in [-0.1, -0.05) is 47.1 Å². The van der Waals surface area contributed by atoms with Gasteiger partial charge in [-0.15, -0.1) is 0 Å². The quantitative estimate of drug-likeness (QED) is 0.169. The second-order valence-electron chi connectivity index (χ2n) is 10.4. The molecule has 1 saturated heterocycles. The number of carbonyl (C=O) groups is 1. The first kappa shape index (κ1) is 26.6. The van der Waals surface area contributed by atoms with Gasteiger partial charge in [-0.25, -0.2) is 4.39 Å². The topological polar surface area (TPSA) is 82.4 Å². The molecule has 2 aliphatic rings. The first-order chi connectivity index (χ1) is 18.4. The number of ether oxygens (including phenoxy) is 1. The predicted molar refractivity (Wildman–Crippen MR) is 146 cm³/mol. The molecule has 0 spiro atoms. The summed E-state index contributed by atoms with van der Waals surface area (Å²) in [7, 11) is 0. The average Bonchev–Trinajstić information content (AvgIpc) is 3.70. The van der Waals surface area contributed by atoms with Crippen molar-refractivity contribution in [2.24, 2.45) is 11.1 Å². The molecule has 1 aliphatic heterocycles. The predicted octanol–water partition coefficient (Wildman–Crippen LogP) is 5.95. The number of aliphatic hydroxyl groups is 1. The number of halogens is 2. The monoisotopic (exact) mass is 538 g/mol. The molecule has 2 atom stereocenters. The number of likely N-dealkylation sites (tertiary alicyclic amines) is 1. The van der Waals surface area contributed by atoms with Crippen molar-refractivity contribution in [2.45, 2.75) is 50.7 Å². The number of aryl methyl sites for hydroxylation is 1. The summed E-state index contributed by atoms with van der Waals surface area (Å²) in [5.74, 6) is -0.361. The van der Waals surface area contributed by atoms with Gasteiger partial charge >= 0.3 is 0 Å². The highest BCUT2D eigenvalue weighted by atomic mass is 35.5. The van der Waals surface area contributed by atoms with Crippen molar-refractivity contribution >= 4 is 33.9 Å². The molecule has 3 aromatic rings. The van der Waals surface area contributed by atoms with E-state index in [-0.39, 0.29) is 42.2 Å². The van der Waals surface area contributed by atoms with Crippen LogP contribution in [-0.2, 0) is 11.2 Å². The minimum atomic E-state index is -0.909. The molecule has 1 unspecified atom stereocenters. The van der Waals surface area contributed by atoms with Crippen LogP contribution in [-0.4, -0.2) is 52.4 Å². The van der Waals surface area contributed by atoms with Crippen molar-refractivity contribution in [1.29, 1.82) is 0 Å². The molecule has 2 fully saturated rings. The zero-order chi connectivity index (χ0) is 26.6. The molecule has 0 amide bonds. The van der Waals surface area contributed by atoms with Crippen molar-refractivity contribution in [1.82, 2.24) is 4.90 Å². The fourth-order valence-electron chi connectivity index (χ4n) is 4.89. The van der Waals surface area contributed by atoms with Crippen LogP contribution in [0.3, 0.4) is 0 Å². The van der Waals surface area contributed by atoms with E-state index in [0.717, 1.165) is 48.7 Å². The molecule has 5 rings (SSSR count). The molecule has 38 heavy (non-hydrogen) atoms. The molecule has 8 heteroatoms. The summed E-state index contributed by atoms with van der Waals surface area (Å²) in [6, 6.07) is 15.6. The number of hydrogen-bond acceptors (Lipinski definition) is 6. The van der Waals surface area contributed by atoms with Crippen molar-refractivity contribution in [3.63, 3.8) is 0 Å². The molecule has 0 bridgehead atoms. The lowest BCUT2D eigenvalue weighted by Gasteiger charge is -2.35. The van der Waals surface area contributed by atoms with Gasteiger partial charge < -0.3 is 20.0 Å². The Bertz CT molecular complexity index is 1340. The number of ketones is 1. The normalized spacial score (nSPS) is 17.7. The van der Waals surface area contributed by atoms with Crippen molar-refractivity contribution in [3.8, 4) is 5.75 Å². The lowest BCUT2D eigenvalue weighted by Crippen LogP contribution is -2.42. The minimum Gasteiger partial charge on any atom is -0.489 e. The largest absolute Gasteiger partial charge is 0.489 e. The maximum atomic E-state index is 13.5. The standard InChI is InChI=1S/C30H32ClFN2O4/c31-26-16-22(6-11-29(26)38-25-8-9-25)30(36)23(18-34-12-1-13-34)17-28(35)27(33-37)10-3-19-2-4-21-15-24(32)7-5-20(21)14-19/h2,4-7,11,14-16,23,25,30,36-37H,1,3,8-10,12-13,17-18H2/b33-27+/t23-,30?/m1/s1. The van der Waals surface area contributed by atoms with E-state index < -0.39 is 6.10 Å². The van der Waals surface area contributed by atoms with Crippen LogP contribution in [0.15, 0.2) is 59.8 Å². The lowest BCUT2D eigenvalue weighted by molar-refractivity contribution is -0.115. The van der Waals surface area contributed by atoms with Crippen LogP contribution < -0.4 is 4.74 Å². The third kappa shape index (κ3) is 6.52. The molecule has 200 valence electrons. The summed E-state index contributed by atoms with van der Waals surface area (Å²) in [6.45, 7) is 2.42. The summed E-state index contributed by atoms with van der Waals surface area (Å²) in [4.78, 5) is 15.4. The van der Waals surface area contributed by atoms with Gasteiger partial charge in [-0.3, -0.25) is 4.79 Å². The van der Waals surface area contributed by atoms with E-state index in [1.54, 1.807) is 24.3 Å².